The van der Waals surface area contributed by atoms with Gasteiger partial charge in [-0.1, -0.05) is 52.9 Å². The Kier molecular flexibility index (Phi) is 5.75. The summed E-state index contributed by atoms with van der Waals surface area (Å²) < 4.78 is 18.1. The number of halogens is 1. The van der Waals surface area contributed by atoms with Crippen molar-refractivity contribution in [2.45, 2.75) is 38.4 Å². The molecule has 1 heterocycles. The molecule has 138 valence electrons. The van der Waals surface area contributed by atoms with E-state index < -0.39 is 0 Å². The van der Waals surface area contributed by atoms with Crippen molar-refractivity contribution in [2.75, 3.05) is 11.5 Å². The molecular weight excluding hydrogens is 443 g/mol. The van der Waals surface area contributed by atoms with Gasteiger partial charge >= 0.3 is 5.97 Å². The van der Waals surface area contributed by atoms with Gasteiger partial charge in [0.05, 0.1) is 12.7 Å². The summed E-state index contributed by atoms with van der Waals surface area (Å²) in [5, 5.41) is 0. The maximum atomic E-state index is 12.0. The van der Waals surface area contributed by atoms with Crippen LogP contribution in [0.5, 0.6) is 11.5 Å². The second-order valence-corrected chi connectivity index (χ2v) is 7.95. The molecule has 0 radical (unpaired) electrons. The number of fused-ring (bicyclic) bond motifs is 1. The monoisotopic (exact) mass is 466 g/mol. The molecule has 0 bridgehead atoms. The van der Waals surface area contributed by atoms with Crippen LogP contribution in [0.2, 0.25) is 0 Å². The van der Waals surface area contributed by atoms with Crippen LogP contribution in [0.1, 0.15) is 35.3 Å². The van der Waals surface area contributed by atoms with Crippen molar-refractivity contribution in [3.05, 3.63) is 59.2 Å². The molecule has 26 heavy (non-hydrogen) atoms. The largest absolute Gasteiger partial charge is 0.489 e. The highest BCUT2D eigenvalue weighted by molar-refractivity contribution is 14.1. The quantitative estimate of drug-likeness (QED) is 0.355. The van der Waals surface area contributed by atoms with E-state index in [9.17, 15) is 4.79 Å². The first-order chi connectivity index (χ1) is 12.4. The van der Waals surface area contributed by atoms with Gasteiger partial charge in [0.2, 0.25) is 0 Å². The first kappa shape index (κ1) is 19.0. The number of hydrogen-bond donors (Lipinski definition) is 0. The molecule has 2 aromatic rings. The van der Waals surface area contributed by atoms with Crippen molar-refractivity contribution in [1.29, 1.82) is 0 Å². The van der Waals surface area contributed by atoms with Crippen molar-refractivity contribution in [3.63, 3.8) is 0 Å². The maximum Gasteiger partial charge on any atom is 0.338 e. The Morgan fingerprint density at radius 1 is 1.27 bits per heavy atom. The van der Waals surface area contributed by atoms with E-state index >= 15 is 0 Å². The Hall–Kier alpha value is -1.76. The fourth-order valence-electron chi connectivity index (χ4n) is 3.17. The number of benzene rings is 2. The smallest absolute Gasteiger partial charge is 0.338 e. The molecule has 0 fully saturated rings. The molecule has 0 saturated heterocycles. The van der Waals surface area contributed by atoms with Crippen LogP contribution in [0.15, 0.2) is 42.5 Å². The van der Waals surface area contributed by atoms with Crippen LogP contribution in [0.25, 0.3) is 0 Å². The minimum Gasteiger partial charge on any atom is -0.489 e. The molecule has 1 atom stereocenters. The van der Waals surface area contributed by atoms with Crippen molar-refractivity contribution in [3.8, 4) is 11.5 Å². The van der Waals surface area contributed by atoms with Crippen molar-refractivity contribution < 1.29 is 19.0 Å². The molecule has 0 unspecified atom stereocenters. The van der Waals surface area contributed by atoms with E-state index in [1.807, 2.05) is 32.0 Å². The molecular formula is C21H23IO4. The van der Waals surface area contributed by atoms with Crippen molar-refractivity contribution in [1.82, 2.24) is 0 Å². The van der Waals surface area contributed by atoms with Gasteiger partial charge in [0.15, 0.2) is 0 Å². The maximum absolute atomic E-state index is 12.0. The Morgan fingerprint density at radius 2 is 2.00 bits per heavy atom. The van der Waals surface area contributed by atoms with Gasteiger partial charge in [0, 0.05) is 22.8 Å². The molecule has 5 heteroatoms. The summed E-state index contributed by atoms with van der Waals surface area (Å²) in [4.78, 5) is 12.0. The number of carbonyl (C=O) groups excluding carboxylic acids is 1. The Labute approximate surface area is 168 Å². The van der Waals surface area contributed by atoms with Crippen LogP contribution < -0.4 is 9.47 Å². The highest BCUT2D eigenvalue weighted by Gasteiger charge is 2.34. The molecule has 4 nitrogen and oxygen atoms in total. The molecule has 0 amide bonds. The zero-order valence-corrected chi connectivity index (χ0v) is 17.4. The highest BCUT2D eigenvalue weighted by Crippen LogP contribution is 2.42. The van der Waals surface area contributed by atoms with Gasteiger partial charge in [-0.25, -0.2) is 4.79 Å². The SMILES string of the molecule is COC(=O)c1cc(O[C@H](CI)Cc2ccccc2)c2c(c1)OC(C)(C)C2. The third-order valence-corrected chi connectivity index (χ3v) is 5.33. The van der Waals surface area contributed by atoms with E-state index in [-0.39, 0.29) is 17.7 Å². The summed E-state index contributed by atoms with van der Waals surface area (Å²) in [6.07, 6.45) is 1.57. The molecule has 3 rings (SSSR count). The zero-order valence-electron chi connectivity index (χ0n) is 15.3. The van der Waals surface area contributed by atoms with Crippen LogP contribution in [-0.4, -0.2) is 29.2 Å². The standard InChI is InChI=1S/C21H23IO4/c1-21(2)12-17-18(10-15(20(23)24-3)11-19(17)26-21)25-16(13-22)9-14-7-5-4-6-8-14/h4-8,10-11,16H,9,12-13H2,1-3H3/t16-/m0/s1. The lowest BCUT2D eigenvalue weighted by atomic mass is 9.99. The average molecular weight is 466 g/mol. The van der Waals surface area contributed by atoms with E-state index in [1.165, 1.54) is 12.7 Å². The summed E-state index contributed by atoms with van der Waals surface area (Å²) >= 11 is 2.34. The van der Waals surface area contributed by atoms with Gasteiger partial charge in [0.25, 0.3) is 0 Å². The molecule has 2 aromatic carbocycles. The minimum absolute atomic E-state index is 0.0127. The fourth-order valence-corrected chi connectivity index (χ4v) is 3.66. The predicted octanol–water partition coefficient (Wildman–Crippen LogP) is 4.61. The molecule has 1 aliphatic rings. The molecule has 1 aliphatic heterocycles. The first-order valence-electron chi connectivity index (χ1n) is 8.62. The minimum atomic E-state index is -0.389. The van der Waals surface area contributed by atoms with Gasteiger partial charge in [-0.3, -0.25) is 0 Å². The number of ether oxygens (including phenoxy) is 3. The highest BCUT2D eigenvalue weighted by atomic mass is 127. The fraction of sp³-hybridized carbons (Fsp3) is 0.381. The number of hydrogen-bond acceptors (Lipinski definition) is 4. The topological polar surface area (TPSA) is 44.8 Å². The second kappa shape index (κ2) is 7.86. The van der Waals surface area contributed by atoms with E-state index in [0.29, 0.717) is 17.1 Å². The van der Waals surface area contributed by atoms with Crippen LogP contribution >= 0.6 is 22.6 Å². The van der Waals surface area contributed by atoms with Crippen molar-refractivity contribution in [2.24, 2.45) is 0 Å². The van der Waals surface area contributed by atoms with E-state index in [0.717, 1.165) is 22.8 Å². The van der Waals surface area contributed by atoms with Crippen molar-refractivity contribution >= 4 is 28.6 Å². The summed E-state index contributed by atoms with van der Waals surface area (Å²) in [7, 11) is 1.38. The summed E-state index contributed by atoms with van der Waals surface area (Å²) in [6.45, 7) is 4.07. The molecule has 0 aliphatic carbocycles. The number of esters is 1. The Morgan fingerprint density at radius 3 is 2.65 bits per heavy atom. The number of alkyl halides is 1. The summed E-state index contributed by atoms with van der Waals surface area (Å²) in [5.74, 6) is 1.03. The van der Waals surface area contributed by atoms with Crippen LogP contribution in [0.4, 0.5) is 0 Å². The van der Waals surface area contributed by atoms with E-state index in [2.05, 4.69) is 34.7 Å². The molecule has 0 spiro atoms. The third-order valence-electron chi connectivity index (χ3n) is 4.35. The van der Waals surface area contributed by atoms with E-state index in [1.54, 1.807) is 12.1 Å². The second-order valence-electron chi connectivity index (χ2n) is 7.07. The number of methoxy groups -OCH3 is 1. The van der Waals surface area contributed by atoms with Gasteiger partial charge in [-0.15, -0.1) is 0 Å². The predicted molar refractivity (Wildman–Crippen MR) is 110 cm³/mol. The lowest BCUT2D eigenvalue weighted by molar-refractivity contribution is 0.0598. The molecule has 0 saturated carbocycles. The first-order valence-corrected chi connectivity index (χ1v) is 10.1. The molecule has 0 N–H and O–H groups in total. The number of rotatable bonds is 6. The average Bonchev–Trinajstić information content (AvgIpc) is 2.95. The van der Waals surface area contributed by atoms with Gasteiger partial charge < -0.3 is 14.2 Å². The number of carbonyl (C=O) groups is 1. The van der Waals surface area contributed by atoms with E-state index in [4.69, 9.17) is 14.2 Å². The van der Waals surface area contributed by atoms with Gasteiger partial charge in [0.1, 0.15) is 23.2 Å². The molecule has 0 aromatic heterocycles. The lowest BCUT2D eigenvalue weighted by Crippen LogP contribution is -2.25. The Balaban J connectivity index is 1.90. The third kappa shape index (κ3) is 4.31. The van der Waals surface area contributed by atoms with Crippen LogP contribution in [0, 0.1) is 0 Å². The van der Waals surface area contributed by atoms with Gasteiger partial charge in [-0.05, 0) is 31.5 Å². The van der Waals surface area contributed by atoms with Crippen LogP contribution in [-0.2, 0) is 17.6 Å². The summed E-state index contributed by atoms with van der Waals surface area (Å²) in [5.41, 5.74) is 2.39. The van der Waals surface area contributed by atoms with Crippen LogP contribution in [0.3, 0.4) is 0 Å². The lowest BCUT2D eigenvalue weighted by Gasteiger charge is -2.19. The normalized spacial score (nSPS) is 15.7. The summed E-state index contributed by atoms with van der Waals surface area (Å²) in [6, 6.07) is 13.8. The van der Waals surface area contributed by atoms with Gasteiger partial charge in [-0.2, -0.15) is 0 Å². The Bertz CT molecular complexity index is 786. The zero-order chi connectivity index (χ0) is 18.7.